The van der Waals surface area contributed by atoms with Crippen LogP contribution in [-0.2, 0) is 18.4 Å². The SMILES string of the molecule is CC(C)(C)c1ccc(Cc2nccn2Cc2cccc(C#N)c2)cc1. The number of imidazole rings is 1. The van der Waals surface area contributed by atoms with Crippen molar-refractivity contribution in [1.29, 1.82) is 5.26 Å². The molecular formula is C22H23N3. The van der Waals surface area contributed by atoms with Crippen LogP contribution in [0.2, 0.25) is 0 Å². The summed E-state index contributed by atoms with van der Waals surface area (Å²) in [6, 6.07) is 18.7. The van der Waals surface area contributed by atoms with Gasteiger partial charge in [-0.1, -0.05) is 57.2 Å². The van der Waals surface area contributed by atoms with Gasteiger partial charge in [0.1, 0.15) is 5.82 Å². The normalized spacial score (nSPS) is 11.3. The Morgan fingerprint density at radius 2 is 1.80 bits per heavy atom. The van der Waals surface area contributed by atoms with Crippen molar-refractivity contribution in [2.75, 3.05) is 0 Å². The quantitative estimate of drug-likeness (QED) is 0.696. The van der Waals surface area contributed by atoms with Crippen molar-refractivity contribution in [2.45, 2.75) is 39.2 Å². The maximum Gasteiger partial charge on any atom is 0.113 e. The molecule has 2 aromatic carbocycles. The second kappa shape index (κ2) is 6.94. The zero-order chi connectivity index (χ0) is 17.9. The molecule has 1 heterocycles. The minimum absolute atomic E-state index is 0.169. The summed E-state index contributed by atoms with van der Waals surface area (Å²) in [5.41, 5.74) is 4.57. The minimum atomic E-state index is 0.169. The van der Waals surface area contributed by atoms with Crippen molar-refractivity contribution in [3.63, 3.8) is 0 Å². The van der Waals surface area contributed by atoms with Crippen LogP contribution in [-0.4, -0.2) is 9.55 Å². The smallest absolute Gasteiger partial charge is 0.113 e. The van der Waals surface area contributed by atoms with Gasteiger partial charge in [0.15, 0.2) is 0 Å². The van der Waals surface area contributed by atoms with Crippen LogP contribution in [0.5, 0.6) is 0 Å². The van der Waals surface area contributed by atoms with Crippen LogP contribution < -0.4 is 0 Å². The highest BCUT2D eigenvalue weighted by Crippen LogP contribution is 2.23. The van der Waals surface area contributed by atoms with Crippen LogP contribution in [0.4, 0.5) is 0 Å². The summed E-state index contributed by atoms with van der Waals surface area (Å²) < 4.78 is 2.15. The summed E-state index contributed by atoms with van der Waals surface area (Å²) in [5.74, 6) is 1.03. The van der Waals surface area contributed by atoms with Gasteiger partial charge in [0.05, 0.1) is 11.6 Å². The topological polar surface area (TPSA) is 41.6 Å². The first-order chi connectivity index (χ1) is 12.0. The number of nitrogens with zero attached hydrogens (tertiary/aromatic N) is 3. The average molecular weight is 329 g/mol. The lowest BCUT2D eigenvalue weighted by Gasteiger charge is -2.19. The molecule has 3 aromatic rings. The fraction of sp³-hybridized carbons (Fsp3) is 0.273. The summed E-state index contributed by atoms with van der Waals surface area (Å²) >= 11 is 0. The van der Waals surface area contributed by atoms with Gasteiger partial charge in [0.2, 0.25) is 0 Å². The summed E-state index contributed by atoms with van der Waals surface area (Å²) in [7, 11) is 0. The zero-order valence-electron chi connectivity index (χ0n) is 15.0. The summed E-state index contributed by atoms with van der Waals surface area (Å²) in [5, 5.41) is 9.05. The van der Waals surface area contributed by atoms with E-state index in [2.05, 4.69) is 60.7 Å². The first kappa shape index (κ1) is 17.0. The van der Waals surface area contributed by atoms with E-state index in [0.29, 0.717) is 5.56 Å². The minimum Gasteiger partial charge on any atom is -0.330 e. The molecule has 0 atom stereocenters. The Morgan fingerprint density at radius 1 is 1.04 bits per heavy atom. The van der Waals surface area contributed by atoms with Crippen molar-refractivity contribution in [2.24, 2.45) is 0 Å². The van der Waals surface area contributed by atoms with Gasteiger partial charge in [-0.2, -0.15) is 5.26 Å². The Kier molecular flexibility index (Phi) is 4.72. The average Bonchev–Trinajstić information content (AvgIpc) is 3.01. The Bertz CT molecular complexity index is 890. The summed E-state index contributed by atoms with van der Waals surface area (Å²) in [6.45, 7) is 7.41. The molecular weight excluding hydrogens is 306 g/mol. The van der Waals surface area contributed by atoms with Crippen molar-refractivity contribution in [3.05, 3.63) is 89.0 Å². The van der Waals surface area contributed by atoms with E-state index in [-0.39, 0.29) is 5.41 Å². The molecule has 3 heteroatoms. The van der Waals surface area contributed by atoms with Crippen molar-refractivity contribution in [1.82, 2.24) is 9.55 Å². The molecule has 0 spiro atoms. The van der Waals surface area contributed by atoms with E-state index in [0.717, 1.165) is 24.4 Å². The Morgan fingerprint density at radius 3 is 2.48 bits per heavy atom. The molecule has 0 amide bonds. The van der Waals surface area contributed by atoms with Crippen LogP contribution in [0.3, 0.4) is 0 Å². The van der Waals surface area contributed by atoms with Crippen molar-refractivity contribution >= 4 is 0 Å². The lowest BCUT2D eigenvalue weighted by atomic mass is 9.86. The highest BCUT2D eigenvalue weighted by Gasteiger charge is 2.13. The van der Waals surface area contributed by atoms with Gasteiger partial charge in [0, 0.05) is 25.4 Å². The van der Waals surface area contributed by atoms with Crippen LogP contribution >= 0.6 is 0 Å². The van der Waals surface area contributed by atoms with E-state index in [1.165, 1.54) is 11.1 Å². The van der Waals surface area contributed by atoms with Crippen LogP contribution in [0.25, 0.3) is 0 Å². The number of hydrogen-bond donors (Lipinski definition) is 0. The molecule has 126 valence electrons. The second-order valence-corrected chi connectivity index (χ2v) is 7.41. The molecule has 0 N–H and O–H groups in total. The standard InChI is InChI=1S/C22H23N3/c1-22(2,3)20-9-7-17(8-10-20)14-21-24-11-12-25(21)16-19-6-4-5-18(13-19)15-23/h4-13H,14,16H2,1-3H3. The van der Waals surface area contributed by atoms with Crippen molar-refractivity contribution in [3.8, 4) is 6.07 Å². The molecule has 0 aliphatic heterocycles. The number of rotatable bonds is 4. The fourth-order valence-electron chi connectivity index (χ4n) is 2.89. The third kappa shape index (κ3) is 4.16. The molecule has 0 aliphatic carbocycles. The largest absolute Gasteiger partial charge is 0.330 e. The molecule has 25 heavy (non-hydrogen) atoms. The van der Waals surface area contributed by atoms with Gasteiger partial charge in [0.25, 0.3) is 0 Å². The monoisotopic (exact) mass is 329 g/mol. The maximum absolute atomic E-state index is 9.05. The second-order valence-electron chi connectivity index (χ2n) is 7.41. The molecule has 0 saturated heterocycles. The van der Waals surface area contributed by atoms with Crippen LogP contribution in [0.1, 0.15) is 48.8 Å². The first-order valence-corrected chi connectivity index (χ1v) is 8.54. The van der Waals surface area contributed by atoms with Gasteiger partial charge < -0.3 is 4.57 Å². The Balaban J connectivity index is 1.77. The zero-order valence-corrected chi connectivity index (χ0v) is 15.0. The lowest BCUT2D eigenvalue weighted by Crippen LogP contribution is -2.11. The van der Waals surface area contributed by atoms with Gasteiger partial charge in [-0.25, -0.2) is 4.98 Å². The molecule has 3 nitrogen and oxygen atoms in total. The third-order valence-electron chi connectivity index (χ3n) is 4.39. The first-order valence-electron chi connectivity index (χ1n) is 8.54. The summed E-state index contributed by atoms with van der Waals surface area (Å²) in [6.07, 6.45) is 4.64. The Hall–Kier alpha value is -2.86. The highest BCUT2D eigenvalue weighted by molar-refractivity contribution is 5.33. The van der Waals surface area contributed by atoms with E-state index in [9.17, 15) is 0 Å². The van der Waals surface area contributed by atoms with Gasteiger partial charge in [-0.3, -0.25) is 0 Å². The van der Waals surface area contributed by atoms with Crippen LogP contribution in [0.15, 0.2) is 60.9 Å². The molecule has 0 unspecified atom stereocenters. The number of aromatic nitrogens is 2. The molecule has 1 aromatic heterocycles. The molecule has 0 fully saturated rings. The van der Waals surface area contributed by atoms with E-state index >= 15 is 0 Å². The molecule has 0 aliphatic rings. The van der Waals surface area contributed by atoms with Gasteiger partial charge in [-0.15, -0.1) is 0 Å². The van der Waals surface area contributed by atoms with Crippen molar-refractivity contribution < 1.29 is 0 Å². The van der Waals surface area contributed by atoms with E-state index in [4.69, 9.17) is 5.26 Å². The number of nitriles is 1. The molecule has 0 saturated carbocycles. The lowest BCUT2D eigenvalue weighted by molar-refractivity contribution is 0.590. The number of hydrogen-bond acceptors (Lipinski definition) is 2. The Labute approximate surface area is 149 Å². The van der Waals surface area contributed by atoms with Gasteiger partial charge >= 0.3 is 0 Å². The van der Waals surface area contributed by atoms with E-state index in [1.54, 1.807) is 0 Å². The van der Waals surface area contributed by atoms with Gasteiger partial charge in [-0.05, 0) is 34.2 Å². The third-order valence-corrected chi connectivity index (χ3v) is 4.39. The highest BCUT2D eigenvalue weighted by atomic mass is 15.1. The van der Waals surface area contributed by atoms with Crippen LogP contribution in [0, 0.1) is 11.3 Å². The maximum atomic E-state index is 9.05. The fourth-order valence-corrected chi connectivity index (χ4v) is 2.89. The predicted molar refractivity (Wildman–Crippen MR) is 100 cm³/mol. The molecule has 0 bridgehead atoms. The predicted octanol–water partition coefficient (Wildman–Crippen LogP) is 4.69. The molecule has 3 rings (SSSR count). The van der Waals surface area contributed by atoms with E-state index < -0.39 is 0 Å². The van der Waals surface area contributed by atoms with E-state index in [1.807, 2.05) is 36.7 Å². The number of benzene rings is 2. The summed E-state index contributed by atoms with van der Waals surface area (Å²) in [4.78, 5) is 4.52. The molecule has 0 radical (unpaired) electrons.